The van der Waals surface area contributed by atoms with Crippen molar-refractivity contribution < 1.29 is 4.74 Å². The number of hydrogen-bond acceptors (Lipinski definition) is 3. The minimum atomic E-state index is 0.606. The predicted octanol–water partition coefficient (Wildman–Crippen LogP) is 2.53. The zero-order valence-corrected chi connectivity index (χ0v) is 10.3. The van der Waals surface area contributed by atoms with Gasteiger partial charge in [-0.25, -0.2) is 0 Å². The first-order valence-electron chi connectivity index (χ1n) is 5.89. The summed E-state index contributed by atoms with van der Waals surface area (Å²) in [6.45, 7) is 2.58. The number of rotatable bonds is 5. The van der Waals surface area contributed by atoms with Crippen molar-refractivity contribution in [1.82, 2.24) is 0 Å². The molecule has 1 heterocycles. The first-order chi connectivity index (χ1) is 7.90. The molecule has 88 valence electrons. The highest BCUT2D eigenvalue weighted by atomic mass is 32.2. The summed E-state index contributed by atoms with van der Waals surface area (Å²) in [5.74, 6) is 0.675. The molecule has 1 saturated heterocycles. The molecule has 2 rings (SSSR count). The summed E-state index contributed by atoms with van der Waals surface area (Å²) in [5, 5.41) is 0.606. The fraction of sp³-hybridized carbons (Fsp3) is 0.538. The van der Waals surface area contributed by atoms with E-state index in [1.807, 2.05) is 11.8 Å². The molecule has 16 heavy (non-hydrogen) atoms. The molecule has 1 aliphatic rings. The largest absolute Gasteiger partial charge is 0.380 e. The Balaban J connectivity index is 1.88. The van der Waals surface area contributed by atoms with Crippen molar-refractivity contribution >= 4 is 11.8 Å². The van der Waals surface area contributed by atoms with Crippen LogP contribution in [0.1, 0.15) is 12.8 Å². The molecule has 2 atom stereocenters. The molecule has 0 aromatic heterocycles. The molecular formula is C13H19NOS. The van der Waals surface area contributed by atoms with E-state index in [0.717, 1.165) is 26.2 Å². The molecule has 0 amide bonds. The molecule has 0 spiro atoms. The third-order valence-electron chi connectivity index (χ3n) is 2.95. The quantitative estimate of drug-likeness (QED) is 0.854. The summed E-state index contributed by atoms with van der Waals surface area (Å²) in [4.78, 5) is 1.34. The van der Waals surface area contributed by atoms with Crippen molar-refractivity contribution in [2.75, 3.05) is 19.8 Å². The van der Waals surface area contributed by atoms with Gasteiger partial charge in [0.2, 0.25) is 0 Å². The monoisotopic (exact) mass is 237 g/mol. The van der Waals surface area contributed by atoms with E-state index in [9.17, 15) is 0 Å². The van der Waals surface area contributed by atoms with Crippen LogP contribution in [0.2, 0.25) is 0 Å². The van der Waals surface area contributed by atoms with Gasteiger partial charge in [0.25, 0.3) is 0 Å². The van der Waals surface area contributed by atoms with Gasteiger partial charge in [0, 0.05) is 10.1 Å². The molecule has 0 saturated carbocycles. The second kappa shape index (κ2) is 6.28. The van der Waals surface area contributed by atoms with Crippen LogP contribution in [0.25, 0.3) is 0 Å². The van der Waals surface area contributed by atoms with E-state index in [0.29, 0.717) is 11.2 Å². The molecule has 1 aromatic carbocycles. The number of nitrogens with two attached hydrogens (primary N) is 1. The maximum absolute atomic E-state index is 5.58. The lowest BCUT2D eigenvalue weighted by atomic mass is 10.0. The van der Waals surface area contributed by atoms with Crippen molar-refractivity contribution in [2.24, 2.45) is 11.7 Å². The van der Waals surface area contributed by atoms with Gasteiger partial charge in [0.05, 0.1) is 13.2 Å². The van der Waals surface area contributed by atoms with Crippen LogP contribution in [-0.4, -0.2) is 25.0 Å². The summed E-state index contributed by atoms with van der Waals surface area (Å²) >= 11 is 1.94. The molecule has 2 unspecified atom stereocenters. The van der Waals surface area contributed by atoms with Gasteiger partial charge in [-0.15, -0.1) is 11.8 Å². The fourth-order valence-corrected chi connectivity index (χ4v) is 3.27. The van der Waals surface area contributed by atoms with E-state index < -0.39 is 0 Å². The van der Waals surface area contributed by atoms with Gasteiger partial charge in [-0.3, -0.25) is 0 Å². The Morgan fingerprint density at radius 2 is 2.06 bits per heavy atom. The van der Waals surface area contributed by atoms with E-state index in [-0.39, 0.29) is 0 Å². The Morgan fingerprint density at radius 3 is 2.81 bits per heavy atom. The zero-order chi connectivity index (χ0) is 11.2. The number of hydrogen-bond donors (Lipinski definition) is 1. The summed E-state index contributed by atoms with van der Waals surface area (Å²) in [5.41, 5.74) is 5.56. The van der Waals surface area contributed by atoms with Crippen LogP contribution >= 0.6 is 11.8 Å². The van der Waals surface area contributed by atoms with Crippen molar-refractivity contribution in [1.29, 1.82) is 0 Å². The van der Waals surface area contributed by atoms with Gasteiger partial charge in [-0.1, -0.05) is 18.2 Å². The zero-order valence-electron chi connectivity index (χ0n) is 9.47. The summed E-state index contributed by atoms with van der Waals surface area (Å²) in [6, 6.07) is 10.6. The van der Waals surface area contributed by atoms with Crippen molar-refractivity contribution in [3.63, 3.8) is 0 Å². The fourth-order valence-electron chi connectivity index (χ4n) is 2.03. The van der Waals surface area contributed by atoms with Crippen LogP contribution in [0, 0.1) is 5.92 Å². The van der Waals surface area contributed by atoms with Crippen molar-refractivity contribution in [2.45, 2.75) is 23.0 Å². The molecule has 1 fully saturated rings. The van der Waals surface area contributed by atoms with Crippen LogP contribution < -0.4 is 5.73 Å². The summed E-state index contributed by atoms with van der Waals surface area (Å²) in [6.07, 6.45) is 2.31. The maximum atomic E-state index is 5.58. The standard InChI is InChI=1S/C13H19NOS/c14-8-4-5-11-9-15-10-13(11)16-12-6-2-1-3-7-12/h1-3,6-7,11,13H,4-5,8-10,14H2. The number of ether oxygens (including phenoxy) is 1. The Kier molecular flexibility index (Phi) is 4.69. The SMILES string of the molecule is NCCCC1COCC1Sc1ccccc1. The van der Waals surface area contributed by atoms with Crippen molar-refractivity contribution in [3.05, 3.63) is 30.3 Å². The molecule has 3 heteroatoms. The number of benzene rings is 1. The smallest absolute Gasteiger partial charge is 0.0592 e. The second-order valence-corrected chi connectivity index (χ2v) is 5.51. The topological polar surface area (TPSA) is 35.2 Å². The lowest BCUT2D eigenvalue weighted by Gasteiger charge is -2.16. The Hall–Kier alpha value is -0.510. The van der Waals surface area contributed by atoms with Gasteiger partial charge < -0.3 is 10.5 Å². The molecule has 1 aromatic rings. The van der Waals surface area contributed by atoms with Crippen LogP contribution in [0.3, 0.4) is 0 Å². The van der Waals surface area contributed by atoms with Gasteiger partial charge in [-0.2, -0.15) is 0 Å². The molecule has 0 bridgehead atoms. The lowest BCUT2D eigenvalue weighted by molar-refractivity contribution is 0.184. The molecule has 0 aliphatic carbocycles. The number of thioether (sulfide) groups is 1. The Morgan fingerprint density at radius 1 is 1.25 bits per heavy atom. The molecule has 2 nitrogen and oxygen atoms in total. The maximum Gasteiger partial charge on any atom is 0.0592 e. The highest BCUT2D eigenvalue weighted by Gasteiger charge is 2.28. The molecular weight excluding hydrogens is 218 g/mol. The minimum Gasteiger partial charge on any atom is -0.380 e. The Labute approximate surface area is 102 Å². The van der Waals surface area contributed by atoms with E-state index >= 15 is 0 Å². The Bertz CT molecular complexity index is 304. The average molecular weight is 237 g/mol. The molecule has 1 aliphatic heterocycles. The van der Waals surface area contributed by atoms with Crippen LogP contribution in [0.15, 0.2) is 35.2 Å². The van der Waals surface area contributed by atoms with E-state index in [2.05, 4.69) is 30.3 Å². The first kappa shape index (κ1) is 12.0. The minimum absolute atomic E-state index is 0.606. The van der Waals surface area contributed by atoms with E-state index in [1.165, 1.54) is 11.3 Å². The summed E-state index contributed by atoms with van der Waals surface area (Å²) < 4.78 is 5.58. The van der Waals surface area contributed by atoms with Crippen LogP contribution in [0.4, 0.5) is 0 Å². The summed E-state index contributed by atoms with van der Waals surface area (Å²) in [7, 11) is 0. The average Bonchev–Trinajstić information content (AvgIpc) is 2.75. The molecule has 2 N–H and O–H groups in total. The van der Waals surface area contributed by atoms with Gasteiger partial charge in [0.1, 0.15) is 0 Å². The van der Waals surface area contributed by atoms with E-state index in [1.54, 1.807) is 0 Å². The van der Waals surface area contributed by atoms with E-state index in [4.69, 9.17) is 10.5 Å². The first-order valence-corrected chi connectivity index (χ1v) is 6.77. The highest BCUT2D eigenvalue weighted by molar-refractivity contribution is 8.00. The second-order valence-electron chi connectivity index (χ2n) is 4.20. The third-order valence-corrected chi connectivity index (χ3v) is 4.32. The van der Waals surface area contributed by atoms with Crippen LogP contribution in [-0.2, 0) is 4.74 Å². The van der Waals surface area contributed by atoms with Crippen molar-refractivity contribution in [3.8, 4) is 0 Å². The van der Waals surface area contributed by atoms with Crippen LogP contribution in [0.5, 0.6) is 0 Å². The van der Waals surface area contributed by atoms with Gasteiger partial charge in [-0.05, 0) is 37.4 Å². The van der Waals surface area contributed by atoms with Gasteiger partial charge in [0.15, 0.2) is 0 Å². The normalized spacial score (nSPS) is 24.8. The third kappa shape index (κ3) is 3.24. The highest BCUT2D eigenvalue weighted by Crippen LogP contribution is 2.34. The predicted molar refractivity (Wildman–Crippen MR) is 68.7 cm³/mol. The molecule has 0 radical (unpaired) electrons. The lowest BCUT2D eigenvalue weighted by Crippen LogP contribution is -2.16. The van der Waals surface area contributed by atoms with Gasteiger partial charge >= 0.3 is 0 Å².